The largest absolute Gasteiger partial charge is 0.487 e. The topological polar surface area (TPSA) is 110 Å². The van der Waals surface area contributed by atoms with Crippen molar-refractivity contribution in [2.45, 2.75) is 104 Å². The molecule has 2 aromatic rings. The summed E-state index contributed by atoms with van der Waals surface area (Å²) in [5, 5.41) is 24.0. The van der Waals surface area contributed by atoms with E-state index in [9.17, 15) is 0 Å². The van der Waals surface area contributed by atoms with E-state index in [0.717, 1.165) is 37.3 Å². The van der Waals surface area contributed by atoms with Crippen molar-refractivity contribution in [3.8, 4) is 0 Å². The van der Waals surface area contributed by atoms with Crippen molar-refractivity contribution in [2.75, 3.05) is 0 Å². The third-order valence-electron chi connectivity index (χ3n) is 5.15. The summed E-state index contributed by atoms with van der Waals surface area (Å²) in [6.45, 7) is 5.96. The summed E-state index contributed by atoms with van der Waals surface area (Å²) in [6, 6.07) is 0. The molecule has 158 valence electrons. The molecule has 0 radical (unpaired) electrons. The van der Waals surface area contributed by atoms with E-state index in [-0.39, 0.29) is 11.1 Å². The van der Waals surface area contributed by atoms with Crippen molar-refractivity contribution in [3.05, 3.63) is 22.5 Å². The zero-order valence-electron chi connectivity index (χ0n) is 17.5. The van der Waals surface area contributed by atoms with E-state index in [4.69, 9.17) is 19.9 Å². The summed E-state index contributed by atoms with van der Waals surface area (Å²) in [5.41, 5.74) is 1.79. The first-order chi connectivity index (χ1) is 13.7. The second-order valence-corrected chi connectivity index (χ2v) is 7.47. The van der Waals surface area contributed by atoms with Crippen molar-refractivity contribution in [1.29, 1.82) is 10.8 Å². The lowest BCUT2D eigenvalue weighted by Crippen LogP contribution is -2.45. The highest BCUT2D eigenvalue weighted by atomic mass is 16.5. The van der Waals surface area contributed by atoms with Gasteiger partial charge in [0, 0.05) is 25.7 Å². The molecule has 0 fully saturated rings. The van der Waals surface area contributed by atoms with Crippen molar-refractivity contribution in [2.24, 2.45) is 0 Å². The third kappa shape index (κ3) is 6.80. The monoisotopic (exact) mass is 392 g/mol. The number of nitrogens with one attached hydrogen (secondary N) is 2. The van der Waals surface area contributed by atoms with Crippen LogP contribution in [0.15, 0.2) is 9.05 Å². The Morgan fingerprint density at radius 1 is 0.643 bits per heavy atom. The molecule has 0 saturated carbocycles. The zero-order valence-corrected chi connectivity index (χ0v) is 17.5. The van der Waals surface area contributed by atoms with Crippen LogP contribution < -0.4 is 31.0 Å². The zero-order chi connectivity index (χ0) is 20.2. The highest BCUT2D eigenvalue weighted by Crippen LogP contribution is 2.03. The van der Waals surface area contributed by atoms with E-state index in [1.54, 1.807) is 9.36 Å². The van der Waals surface area contributed by atoms with Gasteiger partial charge >= 0.3 is 0 Å². The van der Waals surface area contributed by atoms with E-state index in [0.29, 0.717) is 12.8 Å². The van der Waals surface area contributed by atoms with Gasteiger partial charge in [-0.2, -0.15) is 0 Å². The highest BCUT2D eigenvalue weighted by Gasteiger charge is 2.18. The fraction of sp³-hybridized carbons (Fsp3) is 0.800. The van der Waals surface area contributed by atoms with E-state index in [2.05, 4.69) is 24.4 Å². The van der Waals surface area contributed by atoms with Crippen LogP contribution in [0.5, 0.6) is 0 Å². The molecule has 0 spiro atoms. The van der Waals surface area contributed by atoms with Gasteiger partial charge in [0.1, 0.15) is 13.1 Å². The van der Waals surface area contributed by atoms with Gasteiger partial charge in [-0.1, -0.05) is 52.4 Å². The van der Waals surface area contributed by atoms with Crippen molar-refractivity contribution in [3.63, 3.8) is 0 Å². The fourth-order valence-corrected chi connectivity index (χ4v) is 3.42. The lowest BCUT2D eigenvalue weighted by atomic mass is 10.1. The number of nitrogens with zero attached hydrogens (tertiary/aromatic N) is 4. The average Bonchev–Trinajstić information content (AvgIpc) is 3.22. The number of aromatic nitrogens is 4. The SMILES string of the molecule is CCCCCCC[n+]1[n-]oc(=N)c1CCc1c(=N)o[n-][n+]1CCCCCCC. The number of unbranched alkanes of at least 4 members (excludes halogenated alkanes) is 8. The van der Waals surface area contributed by atoms with Gasteiger partial charge in [-0.25, -0.2) is 9.36 Å². The molecule has 0 aliphatic carbocycles. The summed E-state index contributed by atoms with van der Waals surface area (Å²) in [4.78, 5) is 0. The normalized spacial score (nSPS) is 11.4. The number of aryl methyl sites for hydroxylation is 2. The van der Waals surface area contributed by atoms with Crippen LogP contribution in [-0.4, -0.2) is 0 Å². The van der Waals surface area contributed by atoms with Gasteiger partial charge < -0.3 is 9.05 Å². The minimum absolute atomic E-state index is 0.114. The first-order valence-corrected chi connectivity index (χ1v) is 10.9. The molecule has 2 N–H and O–H groups in total. The first kappa shape index (κ1) is 22.2. The van der Waals surface area contributed by atoms with Gasteiger partial charge in [0.25, 0.3) is 11.1 Å². The number of hydrogen-bond acceptors (Lipinski definition) is 4. The number of hydrogen-bond donors (Lipinski definition) is 2. The first-order valence-electron chi connectivity index (χ1n) is 10.9. The van der Waals surface area contributed by atoms with Gasteiger partial charge in [-0.3, -0.25) is 21.4 Å². The summed E-state index contributed by atoms with van der Waals surface area (Å²) < 4.78 is 13.8. The van der Waals surface area contributed by atoms with E-state index >= 15 is 0 Å². The maximum Gasteiger partial charge on any atom is 0.268 e. The Morgan fingerprint density at radius 2 is 1.04 bits per heavy atom. The molecule has 2 heterocycles. The third-order valence-corrected chi connectivity index (χ3v) is 5.15. The van der Waals surface area contributed by atoms with Crippen LogP contribution in [-0.2, 0) is 25.9 Å². The van der Waals surface area contributed by atoms with E-state index in [1.165, 1.54) is 51.4 Å². The fourth-order valence-electron chi connectivity index (χ4n) is 3.42. The Morgan fingerprint density at radius 3 is 1.43 bits per heavy atom. The van der Waals surface area contributed by atoms with Gasteiger partial charge in [-0.05, 0) is 12.8 Å². The molecule has 0 unspecified atom stereocenters. The van der Waals surface area contributed by atoms with E-state index < -0.39 is 0 Å². The second-order valence-electron chi connectivity index (χ2n) is 7.47. The molecule has 0 aliphatic heterocycles. The lowest BCUT2D eigenvalue weighted by molar-refractivity contribution is -0.777. The molecule has 0 amide bonds. The molecule has 0 atom stereocenters. The van der Waals surface area contributed by atoms with Crippen LogP contribution in [0.25, 0.3) is 0 Å². The van der Waals surface area contributed by atoms with Gasteiger partial charge in [0.05, 0.1) is 0 Å². The second kappa shape index (κ2) is 12.4. The quantitative estimate of drug-likeness (QED) is 0.357. The van der Waals surface area contributed by atoms with Crippen LogP contribution in [0, 0.1) is 10.8 Å². The Labute approximate surface area is 166 Å². The summed E-state index contributed by atoms with van der Waals surface area (Å²) in [7, 11) is 0. The minimum Gasteiger partial charge on any atom is -0.487 e. The summed E-state index contributed by atoms with van der Waals surface area (Å²) in [6.07, 6.45) is 13.1. The predicted molar refractivity (Wildman–Crippen MR) is 101 cm³/mol. The van der Waals surface area contributed by atoms with Crippen LogP contribution >= 0.6 is 0 Å². The Balaban J connectivity index is 1.90. The Bertz CT molecular complexity index is 719. The molecule has 2 aromatic heterocycles. The predicted octanol–water partition coefficient (Wildman–Crippen LogP) is 2.05. The van der Waals surface area contributed by atoms with Crippen molar-refractivity contribution < 1.29 is 18.4 Å². The maximum atomic E-state index is 8.01. The molecule has 0 bridgehead atoms. The lowest BCUT2D eigenvalue weighted by Gasteiger charge is -2.03. The summed E-state index contributed by atoms with van der Waals surface area (Å²) >= 11 is 0. The molecular formula is C20H36N6O2. The number of rotatable bonds is 15. The standard InChI is InChI=1S/C20H36N6O2/c1-3-5-7-9-11-15-25-17(19(21)27-23-25)13-14-18-20(22)28-24-26(18)16-12-10-8-6-4-2/h21-22H,3-16H2,1-2H3. The van der Waals surface area contributed by atoms with Gasteiger partial charge in [0.2, 0.25) is 11.4 Å². The van der Waals surface area contributed by atoms with Crippen molar-refractivity contribution >= 4 is 0 Å². The molecule has 28 heavy (non-hydrogen) atoms. The average molecular weight is 393 g/mol. The van der Waals surface area contributed by atoms with Crippen LogP contribution in [0.1, 0.15) is 89.4 Å². The molecule has 0 aromatic carbocycles. The highest BCUT2D eigenvalue weighted by molar-refractivity contribution is 4.89. The molecule has 8 heteroatoms. The molecule has 0 saturated heterocycles. The Hall–Kier alpha value is -2.12. The van der Waals surface area contributed by atoms with Crippen LogP contribution in [0.2, 0.25) is 0 Å². The smallest absolute Gasteiger partial charge is 0.268 e. The molecule has 2 rings (SSSR count). The van der Waals surface area contributed by atoms with Crippen LogP contribution in [0.3, 0.4) is 0 Å². The molecule has 8 nitrogen and oxygen atoms in total. The summed E-state index contributed by atoms with van der Waals surface area (Å²) in [5.74, 6) is 0. The van der Waals surface area contributed by atoms with Crippen molar-refractivity contribution in [1.82, 2.24) is 10.5 Å². The van der Waals surface area contributed by atoms with Gasteiger partial charge in [0.15, 0.2) is 0 Å². The minimum atomic E-state index is 0.114. The van der Waals surface area contributed by atoms with E-state index in [1.807, 2.05) is 0 Å². The molecular weight excluding hydrogens is 356 g/mol. The Kier molecular flexibility index (Phi) is 9.79. The van der Waals surface area contributed by atoms with Gasteiger partial charge in [-0.15, -0.1) is 0 Å². The molecule has 0 aliphatic rings. The maximum absolute atomic E-state index is 8.01. The van der Waals surface area contributed by atoms with Crippen LogP contribution in [0.4, 0.5) is 0 Å².